The number of nitrogens with one attached hydrogen (secondary N) is 1. The smallest absolute Gasteiger partial charge is 0.127 e. The van der Waals surface area contributed by atoms with Crippen molar-refractivity contribution in [3.63, 3.8) is 0 Å². The number of halogens is 1. The molecule has 1 aromatic carbocycles. The predicted molar refractivity (Wildman–Crippen MR) is 75.5 cm³/mol. The minimum Gasteiger partial charge on any atom is -0.314 e. The number of hydrogen-bond acceptors (Lipinski definition) is 2. The molecule has 1 aliphatic carbocycles. The van der Waals surface area contributed by atoms with Gasteiger partial charge in [-0.3, -0.25) is 4.90 Å². The molecule has 0 unspecified atom stereocenters. The van der Waals surface area contributed by atoms with Crippen LogP contribution >= 0.6 is 0 Å². The highest BCUT2D eigenvalue weighted by Gasteiger charge is 2.33. The molecule has 2 fully saturated rings. The minimum atomic E-state index is -0.0297. The lowest BCUT2D eigenvalue weighted by Crippen LogP contribution is -2.46. The zero-order valence-electron chi connectivity index (χ0n) is 11.4. The van der Waals surface area contributed by atoms with E-state index in [0.717, 1.165) is 31.7 Å². The van der Waals surface area contributed by atoms with Crippen molar-refractivity contribution in [2.75, 3.05) is 26.2 Å². The van der Waals surface area contributed by atoms with Gasteiger partial charge < -0.3 is 5.32 Å². The van der Waals surface area contributed by atoms with Crippen LogP contribution in [-0.4, -0.2) is 31.1 Å². The van der Waals surface area contributed by atoms with Crippen molar-refractivity contribution >= 4 is 0 Å². The molecule has 19 heavy (non-hydrogen) atoms. The van der Waals surface area contributed by atoms with Crippen molar-refractivity contribution in [1.29, 1.82) is 0 Å². The molecule has 1 N–H and O–H groups in total. The first kappa shape index (κ1) is 13.1. The van der Waals surface area contributed by atoms with Crippen LogP contribution in [0.1, 0.15) is 37.3 Å². The first-order valence-corrected chi connectivity index (χ1v) is 7.55. The van der Waals surface area contributed by atoms with Gasteiger partial charge in [-0.15, -0.1) is 0 Å². The number of benzene rings is 1. The highest BCUT2D eigenvalue weighted by atomic mass is 19.1. The largest absolute Gasteiger partial charge is 0.314 e. The second-order valence-corrected chi connectivity index (χ2v) is 5.80. The van der Waals surface area contributed by atoms with E-state index in [9.17, 15) is 4.39 Å². The predicted octanol–water partition coefficient (Wildman–Crippen LogP) is 2.96. The number of rotatable bonds is 3. The van der Waals surface area contributed by atoms with Crippen molar-refractivity contribution in [3.05, 3.63) is 35.6 Å². The summed E-state index contributed by atoms with van der Waals surface area (Å²) < 4.78 is 14.2. The Morgan fingerprint density at radius 2 is 1.79 bits per heavy atom. The average molecular weight is 262 g/mol. The SMILES string of the molecule is Fc1ccccc1[C@H](C1CCCC1)N1CCNCC1. The van der Waals surface area contributed by atoms with E-state index in [1.807, 2.05) is 12.1 Å². The molecule has 1 aliphatic heterocycles. The molecule has 1 atom stereocenters. The zero-order valence-corrected chi connectivity index (χ0v) is 11.4. The van der Waals surface area contributed by atoms with E-state index < -0.39 is 0 Å². The molecule has 0 radical (unpaired) electrons. The van der Waals surface area contributed by atoms with Crippen LogP contribution in [0.5, 0.6) is 0 Å². The highest BCUT2D eigenvalue weighted by molar-refractivity contribution is 5.22. The normalized spacial score (nSPS) is 23.6. The third-order valence-electron chi connectivity index (χ3n) is 4.62. The van der Waals surface area contributed by atoms with E-state index in [1.54, 1.807) is 12.1 Å². The lowest BCUT2D eigenvalue weighted by atomic mass is 9.89. The molecule has 104 valence electrons. The van der Waals surface area contributed by atoms with E-state index >= 15 is 0 Å². The van der Waals surface area contributed by atoms with Gasteiger partial charge in [0, 0.05) is 37.8 Å². The van der Waals surface area contributed by atoms with Gasteiger partial charge in [0.15, 0.2) is 0 Å². The molecule has 1 saturated heterocycles. The van der Waals surface area contributed by atoms with Gasteiger partial charge in [-0.2, -0.15) is 0 Å². The van der Waals surface area contributed by atoms with Crippen LogP contribution < -0.4 is 5.32 Å². The zero-order chi connectivity index (χ0) is 13.1. The Kier molecular flexibility index (Phi) is 4.14. The van der Waals surface area contributed by atoms with E-state index in [-0.39, 0.29) is 11.9 Å². The van der Waals surface area contributed by atoms with Crippen LogP contribution in [-0.2, 0) is 0 Å². The lowest BCUT2D eigenvalue weighted by molar-refractivity contribution is 0.122. The Bertz CT molecular complexity index is 409. The van der Waals surface area contributed by atoms with E-state index in [2.05, 4.69) is 10.2 Å². The monoisotopic (exact) mass is 262 g/mol. The summed E-state index contributed by atoms with van der Waals surface area (Å²) in [4.78, 5) is 2.49. The van der Waals surface area contributed by atoms with Crippen LogP contribution in [0.25, 0.3) is 0 Å². The Morgan fingerprint density at radius 3 is 2.47 bits per heavy atom. The summed E-state index contributed by atoms with van der Waals surface area (Å²) in [7, 11) is 0. The molecule has 2 aliphatic rings. The standard InChI is InChI=1S/C16H23FN2/c17-15-8-4-3-7-14(15)16(13-5-1-2-6-13)19-11-9-18-10-12-19/h3-4,7-8,13,16,18H,1-2,5-6,9-12H2/t16-/m0/s1. The average Bonchev–Trinajstić information content (AvgIpc) is 2.96. The van der Waals surface area contributed by atoms with Crippen LogP contribution in [0.15, 0.2) is 24.3 Å². The number of nitrogens with zero attached hydrogens (tertiary/aromatic N) is 1. The van der Waals surface area contributed by atoms with Crippen LogP contribution in [0.4, 0.5) is 4.39 Å². The van der Waals surface area contributed by atoms with Crippen molar-refractivity contribution in [3.8, 4) is 0 Å². The number of piperazine rings is 1. The Labute approximate surface area is 115 Å². The Balaban J connectivity index is 1.88. The van der Waals surface area contributed by atoms with E-state index in [1.165, 1.54) is 25.7 Å². The quantitative estimate of drug-likeness (QED) is 0.901. The van der Waals surface area contributed by atoms with Gasteiger partial charge >= 0.3 is 0 Å². The molecular formula is C16H23FN2. The molecule has 0 bridgehead atoms. The summed E-state index contributed by atoms with van der Waals surface area (Å²) in [5, 5.41) is 3.39. The van der Waals surface area contributed by atoms with Gasteiger partial charge in [0.1, 0.15) is 5.82 Å². The first-order chi connectivity index (χ1) is 9.36. The van der Waals surface area contributed by atoms with Crippen molar-refractivity contribution in [2.45, 2.75) is 31.7 Å². The van der Waals surface area contributed by atoms with Crippen LogP contribution in [0, 0.1) is 11.7 Å². The molecule has 3 heteroatoms. The third kappa shape index (κ3) is 2.82. The molecule has 2 nitrogen and oxygen atoms in total. The fourth-order valence-corrected chi connectivity index (χ4v) is 3.70. The highest BCUT2D eigenvalue weighted by Crippen LogP contribution is 2.40. The molecule has 1 saturated carbocycles. The van der Waals surface area contributed by atoms with Crippen LogP contribution in [0.2, 0.25) is 0 Å². The second kappa shape index (κ2) is 6.02. The van der Waals surface area contributed by atoms with Crippen molar-refractivity contribution in [2.24, 2.45) is 5.92 Å². The molecule has 1 heterocycles. The van der Waals surface area contributed by atoms with Gasteiger partial charge in [-0.05, 0) is 24.8 Å². The number of hydrogen-bond donors (Lipinski definition) is 1. The second-order valence-electron chi connectivity index (χ2n) is 5.80. The van der Waals surface area contributed by atoms with Gasteiger partial charge in [0.25, 0.3) is 0 Å². The summed E-state index contributed by atoms with van der Waals surface area (Å²) in [6, 6.07) is 7.65. The van der Waals surface area contributed by atoms with Gasteiger partial charge in [0.2, 0.25) is 0 Å². The molecule has 1 aromatic rings. The summed E-state index contributed by atoms with van der Waals surface area (Å²) in [6.07, 6.45) is 5.12. The summed E-state index contributed by atoms with van der Waals surface area (Å²) in [6.45, 7) is 4.13. The van der Waals surface area contributed by atoms with Gasteiger partial charge in [0.05, 0.1) is 0 Å². The maximum absolute atomic E-state index is 14.2. The fourth-order valence-electron chi connectivity index (χ4n) is 3.70. The molecule has 0 aromatic heterocycles. The van der Waals surface area contributed by atoms with Gasteiger partial charge in [-0.25, -0.2) is 4.39 Å². The van der Waals surface area contributed by atoms with Crippen LogP contribution in [0.3, 0.4) is 0 Å². The minimum absolute atomic E-state index is 0.0297. The van der Waals surface area contributed by atoms with Gasteiger partial charge in [-0.1, -0.05) is 31.0 Å². The Morgan fingerprint density at radius 1 is 1.11 bits per heavy atom. The molecule has 0 amide bonds. The lowest BCUT2D eigenvalue weighted by Gasteiger charge is -2.38. The first-order valence-electron chi connectivity index (χ1n) is 7.55. The molecular weight excluding hydrogens is 239 g/mol. The summed E-state index contributed by atoms with van der Waals surface area (Å²) >= 11 is 0. The third-order valence-corrected chi connectivity index (χ3v) is 4.62. The maximum atomic E-state index is 14.2. The van der Waals surface area contributed by atoms with Crippen molar-refractivity contribution < 1.29 is 4.39 Å². The maximum Gasteiger partial charge on any atom is 0.127 e. The fraction of sp³-hybridized carbons (Fsp3) is 0.625. The summed E-state index contributed by atoms with van der Waals surface area (Å²) in [5.74, 6) is 0.605. The van der Waals surface area contributed by atoms with E-state index in [0.29, 0.717) is 5.92 Å². The molecule has 3 rings (SSSR count). The Hall–Kier alpha value is -0.930. The van der Waals surface area contributed by atoms with Crippen molar-refractivity contribution in [1.82, 2.24) is 10.2 Å². The van der Waals surface area contributed by atoms with E-state index in [4.69, 9.17) is 0 Å². The summed E-state index contributed by atoms with van der Waals surface area (Å²) in [5.41, 5.74) is 0.913. The topological polar surface area (TPSA) is 15.3 Å². The molecule has 0 spiro atoms.